The fourth-order valence-electron chi connectivity index (χ4n) is 1.36. The zero-order valence-electron chi connectivity index (χ0n) is 9.02. The maximum Gasteiger partial charge on any atom is 0.210 e. The summed E-state index contributed by atoms with van der Waals surface area (Å²) in [5.41, 5.74) is 0.678. The van der Waals surface area contributed by atoms with Gasteiger partial charge >= 0.3 is 0 Å². The minimum Gasteiger partial charge on any atom is -0.335 e. The van der Waals surface area contributed by atoms with Crippen LogP contribution >= 0.6 is 35.0 Å². The van der Waals surface area contributed by atoms with Crippen LogP contribution in [0.15, 0.2) is 23.4 Å². The highest BCUT2D eigenvalue weighted by Gasteiger charge is 2.14. The third-order valence-corrected chi connectivity index (χ3v) is 3.50. The molecule has 0 bridgehead atoms. The van der Waals surface area contributed by atoms with E-state index in [1.54, 1.807) is 18.2 Å². The van der Waals surface area contributed by atoms with E-state index < -0.39 is 0 Å². The van der Waals surface area contributed by atoms with E-state index in [2.05, 4.69) is 10.2 Å². The molecule has 0 aliphatic rings. The van der Waals surface area contributed by atoms with Crippen molar-refractivity contribution in [2.24, 2.45) is 0 Å². The lowest BCUT2D eigenvalue weighted by Gasteiger charge is -2.05. The van der Waals surface area contributed by atoms with Gasteiger partial charge in [0.25, 0.3) is 0 Å². The Labute approximate surface area is 113 Å². The lowest BCUT2D eigenvalue weighted by Crippen LogP contribution is -2.11. The highest BCUT2D eigenvalue weighted by atomic mass is 35.5. The first-order chi connectivity index (χ1) is 8.13. The number of halogens is 2. The van der Waals surface area contributed by atoms with E-state index in [1.165, 1.54) is 16.4 Å². The number of hydrogen-bond donors (Lipinski definition) is 1. The molecular weight excluding hydrogens is 279 g/mol. The molecule has 0 aliphatic heterocycles. The van der Waals surface area contributed by atoms with Crippen LogP contribution in [0.1, 0.15) is 6.92 Å². The van der Waals surface area contributed by atoms with E-state index in [1.807, 2.05) is 6.92 Å². The molecule has 0 unspecified atom stereocenters. The molecule has 0 aliphatic carbocycles. The molecular formula is C10H10Cl2N4S. The molecule has 2 rings (SSSR count). The minimum absolute atomic E-state index is 0.508. The summed E-state index contributed by atoms with van der Waals surface area (Å²) in [6.45, 7) is 2.02. The first kappa shape index (κ1) is 12.5. The van der Waals surface area contributed by atoms with Crippen LogP contribution in [-0.2, 0) is 0 Å². The summed E-state index contributed by atoms with van der Waals surface area (Å²) in [5.74, 6) is 7.29. The van der Waals surface area contributed by atoms with Gasteiger partial charge in [0.15, 0.2) is 5.82 Å². The monoisotopic (exact) mass is 288 g/mol. The van der Waals surface area contributed by atoms with Gasteiger partial charge < -0.3 is 5.84 Å². The number of nitrogens with zero attached hydrogens (tertiary/aromatic N) is 3. The second-order valence-electron chi connectivity index (χ2n) is 3.23. The van der Waals surface area contributed by atoms with Gasteiger partial charge in [0.05, 0.1) is 5.02 Å². The van der Waals surface area contributed by atoms with Crippen LogP contribution in [0, 0.1) is 0 Å². The Morgan fingerprint density at radius 2 is 2.12 bits per heavy atom. The molecule has 17 heavy (non-hydrogen) atoms. The molecule has 2 N–H and O–H groups in total. The van der Waals surface area contributed by atoms with Crippen molar-refractivity contribution in [1.82, 2.24) is 14.9 Å². The molecule has 0 saturated heterocycles. The second kappa shape index (κ2) is 5.16. The highest BCUT2D eigenvalue weighted by molar-refractivity contribution is 7.99. The lowest BCUT2D eigenvalue weighted by molar-refractivity contribution is 0.850. The molecule has 0 spiro atoms. The standard InChI is InChI=1S/C10H10Cl2N4S/c1-2-17-10-15-14-9(16(10)13)7-5-6(11)3-4-8(7)12/h3-5H,2,13H2,1H3. The third kappa shape index (κ3) is 2.51. The van der Waals surface area contributed by atoms with Crippen LogP contribution in [-0.4, -0.2) is 20.6 Å². The van der Waals surface area contributed by atoms with Crippen molar-refractivity contribution in [2.75, 3.05) is 11.6 Å². The van der Waals surface area contributed by atoms with Crippen molar-refractivity contribution < 1.29 is 0 Å². The maximum absolute atomic E-state index is 6.09. The van der Waals surface area contributed by atoms with Crippen molar-refractivity contribution in [1.29, 1.82) is 0 Å². The second-order valence-corrected chi connectivity index (χ2v) is 5.31. The van der Waals surface area contributed by atoms with Crippen molar-refractivity contribution in [3.63, 3.8) is 0 Å². The molecule has 4 nitrogen and oxygen atoms in total. The van der Waals surface area contributed by atoms with Gasteiger partial charge in [0.1, 0.15) is 0 Å². The van der Waals surface area contributed by atoms with Crippen molar-refractivity contribution in [3.8, 4) is 11.4 Å². The Kier molecular flexibility index (Phi) is 3.81. The molecule has 1 heterocycles. The topological polar surface area (TPSA) is 56.7 Å². The Hall–Kier alpha value is -0.910. The van der Waals surface area contributed by atoms with Crippen molar-refractivity contribution in [3.05, 3.63) is 28.2 Å². The third-order valence-electron chi connectivity index (χ3n) is 2.11. The Morgan fingerprint density at radius 3 is 2.82 bits per heavy atom. The van der Waals surface area contributed by atoms with E-state index in [0.717, 1.165) is 5.75 Å². The summed E-state index contributed by atoms with van der Waals surface area (Å²) in [5, 5.41) is 9.81. The van der Waals surface area contributed by atoms with E-state index >= 15 is 0 Å². The Morgan fingerprint density at radius 1 is 1.35 bits per heavy atom. The summed E-state index contributed by atoms with van der Waals surface area (Å²) in [6.07, 6.45) is 0. The average molecular weight is 289 g/mol. The summed E-state index contributed by atoms with van der Waals surface area (Å²) in [4.78, 5) is 0. The number of nitrogen functional groups attached to an aromatic ring is 1. The number of benzene rings is 1. The first-order valence-electron chi connectivity index (χ1n) is 4.92. The number of rotatable bonds is 3. The summed E-state index contributed by atoms with van der Waals surface area (Å²) >= 11 is 13.5. The molecule has 0 radical (unpaired) electrons. The van der Waals surface area contributed by atoms with Crippen LogP contribution in [0.2, 0.25) is 10.0 Å². The van der Waals surface area contributed by atoms with Crippen LogP contribution < -0.4 is 5.84 Å². The zero-order chi connectivity index (χ0) is 12.4. The normalized spacial score (nSPS) is 10.8. The number of aromatic nitrogens is 3. The smallest absolute Gasteiger partial charge is 0.210 e. The molecule has 0 amide bonds. The summed E-state index contributed by atoms with van der Waals surface area (Å²) in [6, 6.07) is 5.14. The minimum atomic E-state index is 0.508. The average Bonchev–Trinajstić information content (AvgIpc) is 2.65. The van der Waals surface area contributed by atoms with Gasteiger partial charge in [-0.3, -0.25) is 0 Å². The van der Waals surface area contributed by atoms with Crippen molar-refractivity contribution >= 4 is 35.0 Å². The van der Waals surface area contributed by atoms with E-state index in [-0.39, 0.29) is 0 Å². The maximum atomic E-state index is 6.09. The van der Waals surface area contributed by atoms with Gasteiger partial charge in [-0.25, -0.2) is 4.68 Å². The van der Waals surface area contributed by atoms with Gasteiger partial charge in [0, 0.05) is 10.6 Å². The first-order valence-corrected chi connectivity index (χ1v) is 6.66. The molecule has 2 aromatic rings. The van der Waals surface area contributed by atoms with Crippen LogP contribution in [0.4, 0.5) is 0 Å². The van der Waals surface area contributed by atoms with E-state index in [9.17, 15) is 0 Å². The fraction of sp³-hybridized carbons (Fsp3) is 0.200. The van der Waals surface area contributed by atoms with Crippen LogP contribution in [0.25, 0.3) is 11.4 Å². The molecule has 0 atom stereocenters. The quantitative estimate of drug-likeness (QED) is 0.697. The van der Waals surface area contributed by atoms with Gasteiger partial charge in [-0.1, -0.05) is 41.9 Å². The summed E-state index contributed by atoms with van der Waals surface area (Å²) < 4.78 is 1.42. The Bertz CT molecular complexity index is 541. The number of hydrogen-bond acceptors (Lipinski definition) is 4. The number of nitrogens with two attached hydrogens (primary N) is 1. The fourth-order valence-corrected chi connectivity index (χ4v) is 2.31. The van der Waals surface area contributed by atoms with E-state index in [0.29, 0.717) is 26.6 Å². The van der Waals surface area contributed by atoms with Crippen molar-refractivity contribution in [2.45, 2.75) is 12.1 Å². The molecule has 7 heteroatoms. The van der Waals surface area contributed by atoms with Gasteiger partial charge in [-0.2, -0.15) is 0 Å². The molecule has 0 fully saturated rings. The van der Waals surface area contributed by atoms with Crippen LogP contribution in [0.5, 0.6) is 0 Å². The van der Waals surface area contributed by atoms with E-state index in [4.69, 9.17) is 29.0 Å². The van der Waals surface area contributed by atoms with Gasteiger partial charge in [0.2, 0.25) is 5.16 Å². The molecule has 90 valence electrons. The van der Waals surface area contributed by atoms with Gasteiger partial charge in [-0.05, 0) is 24.0 Å². The largest absolute Gasteiger partial charge is 0.335 e. The zero-order valence-corrected chi connectivity index (χ0v) is 11.4. The summed E-state index contributed by atoms with van der Waals surface area (Å²) in [7, 11) is 0. The lowest BCUT2D eigenvalue weighted by atomic mass is 10.2. The molecule has 1 aromatic heterocycles. The van der Waals surface area contributed by atoms with Gasteiger partial charge in [-0.15, -0.1) is 10.2 Å². The van der Waals surface area contributed by atoms with Crippen LogP contribution in [0.3, 0.4) is 0 Å². The molecule has 1 aromatic carbocycles. The predicted molar refractivity (Wildman–Crippen MR) is 72.0 cm³/mol. The SMILES string of the molecule is CCSc1nnc(-c2cc(Cl)ccc2Cl)n1N. The number of thioether (sulfide) groups is 1. The Balaban J connectivity index is 2.49. The predicted octanol–water partition coefficient (Wildman–Crippen LogP) is 3.08. The molecule has 0 saturated carbocycles. The highest BCUT2D eigenvalue weighted by Crippen LogP contribution is 2.30.